The lowest BCUT2D eigenvalue weighted by atomic mass is 10.0. The normalized spacial score (nSPS) is 13.4. The molecule has 0 bridgehead atoms. The molecule has 3 heteroatoms. The van der Waals surface area contributed by atoms with Gasteiger partial charge in [-0.3, -0.25) is 0 Å². The van der Waals surface area contributed by atoms with Gasteiger partial charge in [0, 0.05) is 6.42 Å². The minimum atomic E-state index is -0.917. The second-order valence-corrected chi connectivity index (χ2v) is 6.15. The summed E-state index contributed by atoms with van der Waals surface area (Å²) in [5.74, 6) is -0.0285. The van der Waals surface area contributed by atoms with Crippen molar-refractivity contribution < 1.29 is 14.6 Å². The van der Waals surface area contributed by atoms with Gasteiger partial charge < -0.3 is 9.84 Å². The van der Waals surface area contributed by atoms with E-state index in [0.717, 1.165) is 12.8 Å². The molecule has 0 radical (unpaired) electrons. The Morgan fingerprint density at radius 2 is 1.24 bits per heavy atom. The average molecular weight is 296 g/mol. The Bertz CT molecular complexity index is 320. The topological polar surface area (TPSA) is 49.8 Å². The minimum Gasteiger partial charge on any atom is -0.475 e. The molecule has 0 spiro atoms. The van der Waals surface area contributed by atoms with Crippen molar-refractivity contribution in [1.82, 2.24) is 0 Å². The number of allylic oxidation sites excluding steroid dienone is 1. The number of unbranched alkanes of at least 4 members (excludes halogenated alkanes) is 12. The van der Waals surface area contributed by atoms with E-state index in [2.05, 4.69) is 6.92 Å². The fourth-order valence-electron chi connectivity index (χ4n) is 2.73. The summed E-state index contributed by atoms with van der Waals surface area (Å²) in [6.45, 7) is 2.26. The summed E-state index contributed by atoms with van der Waals surface area (Å²) in [5.41, 5.74) is 0. The van der Waals surface area contributed by atoms with E-state index < -0.39 is 5.97 Å². The number of carboxylic acids is 1. The Hall–Kier alpha value is -0.990. The van der Waals surface area contributed by atoms with E-state index in [4.69, 9.17) is 9.84 Å². The van der Waals surface area contributed by atoms with E-state index in [1.165, 1.54) is 77.0 Å². The molecule has 1 heterocycles. The molecule has 0 saturated carbocycles. The molecule has 1 rings (SSSR count). The molecule has 3 nitrogen and oxygen atoms in total. The smallest absolute Gasteiger partial charge is 0.375 e. The van der Waals surface area contributed by atoms with Crippen molar-refractivity contribution in [2.45, 2.75) is 96.8 Å². The van der Waals surface area contributed by atoms with Crippen molar-refractivity contribution in [2.24, 2.45) is 0 Å². The average Bonchev–Trinajstić information content (AvgIpc) is 3.24. The standard InChI is InChI=1S/C18H32O3/c1-2-3-4-5-6-7-8-9-10-11-12-13-14-15-16-17(21-16)18(19)20/h2-15H2,1H3,(H,19,20). The van der Waals surface area contributed by atoms with Gasteiger partial charge in [-0.05, 0) is 6.42 Å². The Morgan fingerprint density at radius 1 is 0.810 bits per heavy atom. The monoisotopic (exact) mass is 296 g/mol. The van der Waals surface area contributed by atoms with Crippen molar-refractivity contribution in [2.75, 3.05) is 0 Å². The molecule has 1 aliphatic rings. The summed E-state index contributed by atoms with van der Waals surface area (Å²) < 4.78 is 4.92. The number of hydrogen-bond acceptors (Lipinski definition) is 2. The summed E-state index contributed by atoms with van der Waals surface area (Å²) in [6, 6.07) is 0. The maximum Gasteiger partial charge on any atom is 0.375 e. The van der Waals surface area contributed by atoms with E-state index in [1.807, 2.05) is 0 Å². The first-order chi connectivity index (χ1) is 10.3. The summed E-state index contributed by atoms with van der Waals surface area (Å²) in [7, 11) is 0. The minimum absolute atomic E-state index is 0.189. The molecule has 0 aromatic rings. The quantitative estimate of drug-likeness (QED) is 0.389. The zero-order valence-corrected chi connectivity index (χ0v) is 13.7. The van der Waals surface area contributed by atoms with E-state index in [0.29, 0.717) is 5.76 Å². The van der Waals surface area contributed by atoms with Crippen LogP contribution in [0.2, 0.25) is 0 Å². The molecule has 122 valence electrons. The van der Waals surface area contributed by atoms with Crippen LogP contribution in [0.4, 0.5) is 0 Å². The van der Waals surface area contributed by atoms with E-state index >= 15 is 0 Å². The summed E-state index contributed by atoms with van der Waals surface area (Å²) in [5, 5.41) is 8.64. The highest BCUT2D eigenvalue weighted by Crippen LogP contribution is 2.31. The first-order valence-electron chi connectivity index (χ1n) is 8.90. The van der Waals surface area contributed by atoms with E-state index in [1.54, 1.807) is 0 Å². The fraction of sp³-hybridized carbons (Fsp3) is 0.833. The highest BCUT2D eigenvalue weighted by atomic mass is 16.6. The van der Waals surface area contributed by atoms with Crippen LogP contribution in [0.25, 0.3) is 0 Å². The third kappa shape index (κ3) is 9.54. The maximum absolute atomic E-state index is 10.5. The molecule has 0 amide bonds. The van der Waals surface area contributed by atoms with Gasteiger partial charge in [0.15, 0.2) is 5.76 Å². The van der Waals surface area contributed by atoms with Crippen molar-refractivity contribution in [3.63, 3.8) is 0 Å². The lowest BCUT2D eigenvalue weighted by Crippen LogP contribution is -1.88. The fourth-order valence-corrected chi connectivity index (χ4v) is 2.73. The molecule has 0 aromatic heterocycles. The molecular weight excluding hydrogens is 264 g/mol. The van der Waals surface area contributed by atoms with Gasteiger partial charge in [0.25, 0.3) is 0 Å². The summed E-state index contributed by atoms with van der Waals surface area (Å²) in [4.78, 5) is 10.5. The molecule has 1 aliphatic heterocycles. The number of carboxylic acid groups (broad SMARTS) is 1. The lowest BCUT2D eigenvalue weighted by Gasteiger charge is -2.02. The SMILES string of the molecule is CCCCCCCCCCCCCCCC1=C(C(=O)O)O1. The van der Waals surface area contributed by atoms with Crippen molar-refractivity contribution in [3.05, 3.63) is 11.5 Å². The predicted octanol–water partition coefficient (Wildman–Crippen LogP) is 5.79. The number of hydrogen-bond donors (Lipinski definition) is 1. The van der Waals surface area contributed by atoms with Crippen LogP contribution < -0.4 is 0 Å². The molecule has 0 aromatic carbocycles. The molecule has 0 aliphatic carbocycles. The second-order valence-electron chi connectivity index (χ2n) is 6.15. The van der Waals surface area contributed by atoms with Gasteiger partial charge in [-0.1, -0.05) is 84.0 Å². The number of rotatable bonds is 15. The molecule has 0 fully saturated rings. The van der Waals surface area contributed by atoms with Gasteiger partial charge in [-0.2, -0.15) is 0 Å². The lowest BCUT2D eigenvalue weighted by molar-refractivity contribution is -0.133. The highest BCUT2D eigenvalue weighted by molar-refractivity contribution is 5.88. The van der Waals surface area contributed by atoms with Gasteiger partial charge >= 0.3 is 5.97 Å². The Labute approximate surface area is 129 Å². The highest BCUT2D eigenvalue weighted by Gasteiger charge is 2.30. The van der Waals surface area contributed by atoms with Gasteiger partial charge in [0.1, 0.15) is 0 Å². The zero-order chi connectivity index (χ0) is 15.3. The van der Waals surface area contributed by atoms with Crippen LogP contribution in [-0.4, -0.2) is 11.1 Å². The van der Waals surface area contributed by atoms with Crippen molar-refractivity contribution >= 4 is 5.97 Å². The Morgan fingerprint density at radius 3 is 1.62 bits per heavy atom. The Balaban J connectivity index is 1.73. The summed E-state index contributed by atoms with van der Waals surface area (Å²) >= 11 is 0. The van der Waals surface area contributed by atoms with E-state index in [9.17, 15) is 4.79 Å². The van der Waals surface area contributed by atoms with Crippen molar-refractivity contribution in [3.8, 4) is 0 Å². The third-order valence-electron chi connectivity index (χ3n) is 4.14. The molecule has 0 saturated heterocycles. The van der Waals surface area contributed by atoms with Crippen LogP contribution >= 0.6 is 0 Å². The largest absolute Gasteiger partial charge is 0.475 e. The molecule has 1 N–H and O–H groups in total. The van der Waals surface area contributed by atoms with Crippen molar-refractivity contribution in [1.29, 1.82) is 0 Å². The predicted molar refractivity (Wildman–Crippen MR) is 86.1 cm³/mol. The molecular formula is C18H32O3. The van der Waals surface area contributed by atoms with E-state index in [-0.39, 0.29) is 5.76 Å². The third-order valence-corrected chi connectivity index (χ3v) is 4.14. The van der Waals surface area contributed by atoms with Gasteiger partial charge in [0.05, 0.1) is 0 Å². The number of carbonyl (C=O) groups is 1. The summed E-state index contributed by atoms with van der Waals surface area (Å²) in [6.07, 6.45) is 18.2. The van der Waals surface area contributed by atoms with Crippen LogP contribution in [0.3, 0.4) is 0 Å². The zero-order valence-electron chi connectivity index (χ0n) is 13.7. The molecule has 21 heavy (non-hydrogen) atoms. The van der Waals surface area contributed by atoms with Crippen LogP contribution in [0.5, 0.6) is 0 Å². The maximum atomic E-state index is 10.5. The first-order valence-corrected chi connectivity index (χ1v) is 8.90. The number of ether oxygens (including phenoxy) is 1. The second kappa shape index (κ2) is 11.6. The Kier molecular flexibility index (Phi) is 10.0. The van der Waals surface area contributed by atoms with Crippen LogP contribution in [-0.2, 0) is 9.53 Å². The van der Waals surface area contributed by atoms with Crippen LogP contribution in [0.1, 0.15) is 96.8 Å². The molecule has 0 unspecified atom stereocenters. The van der Waals surface area contributed by atoms with Crippen LogP contribution in [0.15, 0.2) is 11.5 Å². The number of aliphatic carboxylic acids is 1. The first kappa shape index (κ1) is 18.1. The molecule has 0 atom stereocenters. The van der Waals surface area contributed by atoms with Gasteiger partial charge in [-0.15, -0.1) is 0 Å². The van der Waals surface area contributed by atoms with Gasteiger partial charge in [0.2, 0.25) is 5.76 Å². The van der Waals surface area contributed by atoms with Crippen LogP contribution in [0, 0.1) is 0 Å². The van der Waals surface area contributed by atoms with Gasteiger partial charge in [-0.25, -0.2) is 4.79 Å².